The van der Waals surface area contributed by atoms with Crippen LogP contribution in [0, 0.1) is 11.8 Å². The molecule has 0 aliphatic heterocycles. The van der Waals surface area contributed by atoms with Gasteiger partial charge < -0.3 is 7.34 Å². The standard InChI is InChI=1S/C4H10.C4H9.2Li.H/c2*1-4(2)3;;;/h4H,1-3H3;1-3H3;;;/q;-1;2*+1;-1. The van der Waals surface area contributed by atoms with Crippen LogP contribution < -0.4 is 37.7 Å². The second kappa shape index (κ2) is 16.7. The molecule has 10 heavy (non-hydrogen) atoms. The van der Waals surface area contributed by atoms with E-state index in [0.717, 1.165) is 5.92 Å². The normalized spacial score (nSPS) is 7.20. The molecule has 2 heteroatoms. The maximum Gasteiger partial charge on any atom is 1.00 e. The first kappa shape index (κ1) is 22.5. The van der Waals surface area contributed by atoms with Gasteiger partial charge >= 0.3 is 37.7 Å². The fourth-order valence-corrected chi connectivity index (χ4v) is 0. The minimum atomic E-state index is 0. The van der Waals surface area contributed by atoms with Crippen LogP contribution in [0.5, 0.6) is 0 Å². The molecule has 0 aliphatic carbocycles. The first-order valence-electron chi connectivity index (χ1n) is 3.23. The van der Waals surface area contributed by atoms with E-state index in [1.54, 1.807) is 0 Å². The monoisotopic (exact) mass is 130 g/mol. The Hall–Kier alpha value is 1.19. The molecule has 0 bridgehead atoms. The summed E-state index contributed by atoms with van der Waals surface area (Å²) < 4.78 is 0. The van der Waals surface area contributed by atoms with Crippen LogP contribution in [0.25, 0.3) is 0 Å². The molecule has 0 spiro atoms. The third-order valence-electron chi connectivity index (χ3n) is 0. The average molecular weight is 130 g/mol. The number of hydrogen-bond donors (Lipinski definition) is 0. The Morgan fingerprint density at radius 3 is 0.900 bits per heavy atom. The number of hydrogen-bond acceptors (Lipinski definition) is 0. The van der Waals surface area contributed by atoms with Crippen molar-refractivity contribution in [2.45, 2.75) is 41.5 Å². The largest absolute Gasteiger partial charge is 1.00 e. The van der Waals surface area contributed by atoms with Gasteiger partial charge in [-0.3, -0.25) is 0 Å². The maximum atomic E-state index is 2.17. The van der Waals surface area contributed by atoms with Crippen LogP contribution in [-0.4, -0.2) is 0 Å². The summed E-state index contributed by atoms with van der Waals surface area (Å²) in [5.74, 6) is 2.25. The summed E-state index contributed by atoms with van der Waals surface area (Å²) in [5, 5.41) is 0. The predicted molar refractivity (Wildman–Crippen MR) is 41.9 cm³/mol. The van der Waals surface area contributed by atoms with Crippen molar-refractivity contribution < 1.29 is 39.1 Å². The molecule has 0 radical (unpaired) electrons. The van der Waals surface area contributed by atoms with Gasteiger partial charge in [0.25, 0.3) is 0 Å². The zero-order valence-electron chi connectivity index (χ0n) is 10.1. The SMILES string of the molecule is CC(C)C.C[C-](C)C.[H-].[Li+].[Li+]. The van der Waals surface area contributed by atoms with E-state index in [1.807, 2.05) is 0 Å². The van der Waals surface area contributed by atoms with Crippen molar-refractivity contribution in [3.8, 4) is 0 Å². The Balaban J connectivity index is -0.0000000171. The Bertz CT molecular complexity index is 27.6. The van der Waals surface area contributed by atoms with Gasteiger partial charge in [0.15, 0.2) is 0 Å². The molecule has 0 nitrogen and oxygen atoms in total. The molecular formula is C8H20Li2. The first-order valence-corrected chi connectivity index (χ1v) is 3.23. The molecule has 0 amide bonds. The van der Waals surface area contributed by atoms with Crippen molar-refractivity contribution in [2.75, 3.05) is 0 Å². The van der Waals surface area contributed by atoms with Crippen molar-refractivity contribution in [1.29, 1.82) is 0 Å². The van der Waals surface area contributed by atoms with E-state index in [9.17, 15) is 0 Å². The van der Waals surface area contributed by atoms with Gasteiger partial charge in [0.1, 0.15) is 0 Å². The molecule has 0 heterocycles. The summed E-state index contributed by atoms with van der Waals surface area (Å²) in [7, 11) is 0. The van der Waals surface area contributed by atoms with Gasteiger partial charge in [0.2, 0.25) is 0 Å². The van der Waals surface area contributed by atoms with Crippen molar-refractivity contribution in [3.63, 3.8) is 0 Å². The van der Waals surface area contributed by atoms with Crippen molar-refractivity contribution >= 4 is 0 Å². The second-order valence-corrected chi connectivity index (χ2v) is 3.23. The average Bonchev–Trinajstić information content (AvgIpc) is 1.25. The van der Waals surface area contributed by atoms with Crippen LogP contribution in [0.2, 0.25) is 0 Å². The van der Waals surface area contributed by atoms with Gasteiger partial charge in [-0.25, -0.2) is 0 Å². The fourth-order valence-electron chi connectivity index (χ4n) is 0. The summed E-state index contributed by atoms with van der Waals surface area (Å²) in [6.07, 6.45) is 0. The molecule has 0 saturated carbocycles. The van der Waals surface area contributed by atoms with E-state index in [-0.39, 0.29) is 39.1 Å². The van der Waals surface area contributed by atoms with E-state index in [4.69, 9.17) is 0 Å². The topological polar surface area (TPSA) is 0 Å². The summed E-state index contributed by atoms with van der Waals surface area (Å²) >= 11 is 0. The molecule has 0 rings (SSSR count). The Kier molecular flexibility index (Phi) is 37.4. The molecule has 0 atom stereocenters. The van der Waals surface area contributed by atoms with Gasteiger partial charge in [-0.1, -0.05) is 20.8 Å². The van der Waals surface area contributed by atoms with Crippen LogP contribution >= 0.6 is 0 Å². The Morgan fingerprint density at radius 2 is 0.900 bits per heavy atom. The molecule has 0 unspecified atom stereocenters. The third-order valence-corrected chi connectivity index (χ3v) is 0. The summed E-state index contributed by atoms with van der Waals surface area (Å²) in [6, 6.07) is 0. The van der Waals surface area contributed by atoms with E-state index in [2.05, 4.69) is 41.5 Å². The maximum absolute atomic E-state index is 2.17. The van der Waals surface area contributed by atoms with Crippen LogP contribution in [0.15, 0.2) is 0 Å². The first-order chi connectivity index (χ1) is 3.46. The minimum Gasteiger partial charge on any atom is -1.00 e. The molecule has 0 aromatic rings. The van der Waals surface area contributed by atoms with Crippen molar-refractivity contribution in [3.05, 3.63) is 5.92 Å². The van der Waals surface area contributed by atoms with E-state index in [1.165, 1.54) is 5.92 Å². The van der Waals surface area contributed by atoms with Crippen molar-refractivity contribution in [1.82, 2.24) is 0 Å². The van der Waals surface area contributed by atoms with Crippen LogP contribution in [-0.2, 0) is 0 Å². The van der Waals surface area contributed by atoms with Crippen LogP contribution in [0.3, 0.4) is 0 Å². The van der Waals surface area contributed by atoms with Gasteiger partial charge in [0, 0.05) is 0 Å². The van der Waals surface area contributed by atoms with E-state index >= 15 is 0 Å². The smallest absolute Gasteiger partial charge is 1.00 e. The van der Waals surface area contributed by atoms with E-state index in [0.29, 0.717) is 0 Å². The molecule has 0 aromatic carbocycles. The quantitative estimate of drug-likeness (QED) is 0.249. The Labute approximate surface area is 92.4 Å². The molecular weight excluding hydrogens is 110 g/mol. The molecule has 0 aliphatic rings. The van der Waals surface area contributed by atoms with Gasteiger partial charge in [-0.2, -0.15) is 20.8 Å². The fraction of sp³-hybridized carbons (Fsp3) is 0.875. The molecule has 0 fully saturated rings. The second-order valence-electron chi connectivity index (χ2n) is 3.23. The molecule has 0 aromatic heterocycles. The zero-order valence-corrected chi connectivity index (χ0v) is 9.08. The van der Waals surface area contributed by atoms with Gasteiger partial charge in [-0.05, 0) is 5.92 Å². The molecule has 54 valence electrons. The molecule has 0 saturated heterocycles. The van der Waals surface area contributed by atoms with Gasteiger partial charge in [0.05, 0.1) is 0 Å². The summed E-state index contributed by atoms with van der Waals surface area (Å²) in [5.41, 5.74) is 0. The van der Waals surface area contributed by atoms with Crippen LogP contribution in [0.4, 0.5) is 0 Å². The molecule has 0 N–H and O–H groups in total. The third kappa shape index (κ3) is 433. The van der Waals surface area contributed by atoms with E-state index < -0.39 is 0 Å². The van der Waals surface area contributed by atoms with Gasteiger partial charge in [-0.15, -0.1) is 0 Å². The summed E-state index contributed by atoms with van der Waals surface area (Å²) in [6.45, 7) is 12.8. The number of rotatable bonds is 0. The van der Waals surface area contributed by atoms with Crippen molar-refractivity contribution in [2.24, 2.45) is 5.92 Å². The summed E-state index contributed by atoms with van der Waals surface area (Å²) in [4.78, 5) is 0. The predicted octanol–water partition coefficient (Wildman–Crippen LogP) is -2.60. The zero-order chi connectivity index (χ0) is 7.15. The minimum absolute atomic E-state index is 0. The van der Waals surface area contributed by atoms with Crippen LogP contribution in [0.1, 0.15) is 43.0 Å². The Morgan fingerprint density at radius 1 is 0.900 bits per heavy atom.